The Bertz CT molecular complexity index is 1070. The number of carbonyl (C=O) groups excluding carboxylic acids is 2. The number of rotatable bonds is 8. The quantitative estimate of drug-likeness (QED) is 0.544. The van der Waals surface area contributed by atoms with Crippen LogP contribution in [0.15, 0.2) is 61.2 Å². The lowest BCUT2D eigenvalue weighted by molar-refractivity contribution is -0.155. The average Bonchev–Trinajstić information content (AvgIpc) is 3.18. The molecule has 0 bridgehead atoms. The zero-order valence-electron chi connectivity index (χ0n) is 20.0. The van der Waals surface area contributed by atoms with E-state index in [-0.39, 0.29) is 24.3 Å². The van der Waals surface area contributed by atoms with E-state index in [1.165, 1.54) is 4.90 Å². The molecule has 184 valence electrons. The molecular formula is C28H32N2O5. The van der Waals surface area contributed by atoms with Gasteiger partial charge in [0.1, 0.15) is 18.7 Å². The maximum atomic E-state index is 13.3. The number of piperidine rings is 1. The molecule has 2 amide bonds. The first-order chi connectivity index (χ1) is 16.9. The lowest BCUT2D eigenvalue weighted by atomic mass is 9.90. The minimum Gasteiger partial charge on any atom is -0.480 e. The second kappa shape index (κ2) is 10.8. The molecule has 35 heavy (non-hydrogen) atoms. The molecule has 0 aromatic heterocycles. The van der Waals surface area contributed by atoms with Gasteiger partial charge in [0, 0.05) is 12.5 Å². The summed E-state index contributed by atoms with van der Waals surface area (Å²) in [4.78, 5) is 39.4. The second-order valence-electron chi connectivity index (χ2n) is 9.32. The summed E-state index contributed by atoms with van der Waals surface area (Å²) < 4.78 is 5.62. The van der Waals surface area contributed by atoms with E-state index in [1.54, 1.807) is 6.08 Å². The van der Waals surface area contributed by atoms with Gasteiger partial charge in [0.25, 0.3) is 0 Å². The predicted octanol–water partition coefficient (Wildman–Crippen LogP) is 4.57. The third-order valence-electron chi connectivity index (χ3n) is 7.06. The fraction of sp³-hybridized carbons (Fsp3) is 0.393. The third-order valence-corrected chi connectivity index (χ3v) is 7.06. The standard InChI is InChI=1S/C28H32N2O5/c1-3-4-15-24(26(31)30-16-9-10-18(2)25(30)27(32)33)29-28(34)35-17-23-21-13-7-5-11-19(21)20-12-6-8-14-22(20)23/h3,5-8,11-14,18,23-25H,1,4,9-10,15-17H2,2H3,(H,29,34)(H,32,33). The van der Waals surface area contributed by atoms with Gasteiger partial charge < -0.3 is 20.1 Å². The van der Waals surface area contributed by atoms with Crippen molar-refractivity contribution in [1.82, 2.24) is 10.2 Å². The van der Waals surface area contributed by atoms with Gasteiger partial charge in [-0.1, -0.05) is 61.5 Å². The maximum Gasteiger partial charge on any atom is 0.407 e. The van der Waals surface area contributed by atoms with E-state index < -0.39 is 24.1 Å². The highest BCUT2D eigenvalue weighted by Crippen LogP contribution is 2.44. The van der Waals surface area contributed by atoms with Crippen LogP contribution in [0.25, 0.3) is 11.1 Å². The zero-order valence-corrected chi connectivity index (χ0v) is 20.0. The summed E-state index contributed by atoms with van der Waals surface area (Å²) in [7, 11) is 0. The van der Waals surface area contributed by atoms with Crippen molar-refractivity contribution in [2.24, 2.45) is 5.92 Å². The van der Waals surface area contributed by atoms with Gasteiger partial charge in [0.15, 0.2) is 0 Å². The Balaban J connectivity index is 1.45. The van der Waals surface area contributed by atoms with Gasteiger partial charge >= 0.3 is 12.1 Å². The van der Waals surface area contributed by atoms with Gasteiger partial charge in [-0.3, -0.25) is 4.79 Å². The summed E-state index contributed by atoms with van der Waals surface area (Å²) in [5.41, 5.74) is 4.48. The molecule has 1 saturated heterocycles. The van der Waals surface area contributed by atoms with Crippen molar-refractivity contribution < 1.29 is 24.2 Å². The van der Waals surface area contributed by atoms with Gasteiger partial charge in [0.05, 0.1) is 0 Å². The van der Waals surface area contributed by atoms with Crippen LogP contribution in [0.5, 0.6) is 0 Å². The Morgan fingerprint density at radius 3 is 2.37 bits per heavy atom. The molecule has 1 heterocycles. The van der Waals surface area contributed by atoms with Crippen LogP contribution in [0, 0.1) is 5.92 Å². The van der Waals surface area contributed by atoms with Crippen LogP contribution in [0.1, 0.15) is 49.7 Å². The number of carboxylic acids is 1. The van der Waals surface area contributed by atoms with Crippen molar-refractivity contribution in [3.8, 4) is 11.1 Å². The molecule has 3 unspecified atom stereocenters. The molecule has 3 atom stereocenters. The fourth-order valence-electron chi connectivity index (χ4n) is 5.34. The highest BCUT2D eigenvalue weighted by molar-refractivity contribution is 5.89. The number of nitrogens with zero attached hydrogens (tertiary/aromatic N) is 1. The first kappa shape index (κ1) is 24.5. The van der Waals surface area contributed by atoms with E-state index in [1.807, 2.05) is 43.3 Å². The molecule has 7 nitrogen and oxygen atoms in total. The number of amides is 2. The Kier molecular flexibility index (Phi) is 7.54. The van der Waals surface area contributed by atoms with Crippen LogP contribution in [0.4, 0.5) is 4.79 Å². The summed E-state index contributed by atoms with van der Waals surface area (Å²) >= 11 is 0. The molecule has 1 aliphatic heterocycles. The first-order valence-corrected chi connectivity index (χ1v) is 12.2. The number of carbonyl (C=O) groups is 3. The molecule has 0 spiro atoms. The molecule has 1 fully saturated rings. The Labute approximate surface area is 205 Å². The predicted molar refractivity (Wildman–Crippen MR) is 133 cm³/mol. The van der Waals surface area contributed by atoms with Crippen LogP contribution >= 0.6 is 0 Å². The van der Waals surface area contributed by atoms with Crippen molar-refractivity contribution in [2.45, 2.75) is 50.6 Å². The minimum absolute atomic E-state index is 0.0881. The van der Waals surface area contributed by atoms with Crippen molar-refractivity contribution >= 4 is 18.0 Å². The molecule has 0 saturated carbocycles. The number of hydrogen-bond donors (Lipinski definition) is 2. The molecular weight excluding hydrogens is 444 g/mol. The van der Waals surface area contributed by atoms with Crippen LogP contribution in [0.3, 0.4) is 0 Å². The highest BCUT2D eigenvalue weighted by Gasteiger charge is 2.40. The number of fused-ring (bicyclic) bond motifs is 3. The van der Waals surface area contributed by atoms with E-state index in [0.29, 0.717) is 19.4 Å². The first-order valence-electron chi connectivity index (χ1n) is 12.2. The minimum atomic E-state index is -1.02. The lowest BCUT2D eigenvalue weighted by Crippen LogP contribution is -2.57. The third kappa shape index (κ3) is 5.09. The van der Waals surface area contributed by atoms with Gasteiger partial charge in [-0.05, 0) is 53.9 Å². The number of aliphatic carboxylic acids is 1. The molecule has 2 aromatic rings. The normalized spacial score (nSPS) is 19.9. The molecule has 7 heteroatoms. The number of nitrogens with one attached hydrogen (secondary N) is 1. The molecule has 1 aliphatic carbocycles. The molecule has 2 aliphatic rings. The van der Waals surface area contributed by atoms with Crippen molar-refractivity contribution in [1.29, 1.82) is 0 Å². The highest BCUT2D eigenvalue weighted by atomic mass is 16.5. The molecule has 2 N–H and O–H groups in total. The number of carboxylic acid groups (broad SMARTS) is 1. The largest absolute Gasteiger partial charge is 0.480 e. The SMILES string of the molecule is C=CCCC(NC(=O)OCC1c2ccccc2-c2ccccc21)C(=O)N1CCCC(C)C1C(=O)O. The van der Waals surface area contributed by atoms with E-state index in [4.69, 9.17) is 4.74 Å². The topological polar surface area (TPSA) is 95.9 Å². The van der Waals surface area contributed by atoms with Crippen LogP contribution in [-0.4, -0.2) is 53.2 Å². The van der Waals surface area contributed by atoms with Crippen molar-refractivity contribution in [3.05, 3.63) is 72.3 Å². The number of alkyl carbamates (subject to hydrolysis) is 1. The maximum absolute atomic E-state index is 13.3. The number of benzene rings is 2. The van der Waals surface area contributed by atoms with E-state index >= 15 is 0 Å². The van der Waals surface area contributed by atoms with Gasteiger partial charge in [-0.15, -0.1) is 6.58 Å². The van der Waals surface area contributed by atoms with E-state index in [9.17, 15) is 19.5 Å². The second-order valence-corrected chi connectivity index (χ2v) is 9.32. The number of hydrogen-bond acceptors (Lipinski definition) is 4. The van der Waals surface area contributed by atoms with Gasteiger partial charge in [-0.25, -0.2) is 9.59 Å². The summed E-state index contributed by atoms with van der Waals surface area (Å²) in [5, 5.41) is 12.4. The molecule has 2 aromatic carbocycles. The Hall–Kier alpha value is -3.61. The lowest BCUT2D eigenvalue weighted by Gasteiger charge is -2.39. The average molecular weight is 477 g/mol. The Morgan fingerprint density at radius 2 is 1.77 bits per heavy atom. The van der Waals surface area contributed by atoms with E-state index in [0.717, 1.165) is 35.1 Å². The Morgan fingerprint density at radius 1 is 1.14 bits per heavy atom. The van der Waals surface area contributed by atoms with Crippen LogP contribution < -0.4 is 5.32 Å². The molecule has 0 radical (unpaired) electrons. The summed E-state index contributed by atoms with van der Waals surface area (Å²) in [6.07, 6.45) is 3.29. The fourth-order valence-corrected chi connectivity index (χ4v) is 5.34. The summed E-state index contributed by atoms with van der Waals surface area (Å²) in [6.45, 7) is 6.05. The smallest absolute Gasteiger partial charge is 0.407 e. The van der Waals surface area contributed by atoms with Crippen molar-refractivity contribution in [2.75, 3.05) is 13.2 Å². The monoisotopic (exact) mass is 476 g/mol. The van der Waals surface area contributed by atoms with Gasteiger partial charge in [0.2, 0.25) is 5.91 Å². The zero-order chi connectivity index (χ0) is 24.9. The molecule has 4 rings (SSSR count). The number of likely N-dealkylation sites (tertiary alicyclic amines) is 1. The summed E-state index contributed by atoms with van der Waals surface area (Å²) in [5.74, 6) is -1.65. The van der Waals surface area contributed by atoms with Gasteiger partial charge in [-0.2, -0.15) is 0 Å². The summed E-state index contributed by atoms with van der Waals surface area (Å²) in [6, 6.07) is 14.4. The van der Waals surface area contributed by atoms with Crippen LogP contribution in [-0.2, 0) is 14.3 Å². The number of allylic oxidation sites excluding steroid dienone is 1. The van der Waals surface area contributed by atoms with E-state index in [2.05, 4.69) is 24.0 Å². The number of ether oxygens (including phenoxy) is 1. The van der Waals surface area contributed by atoms with Crippen LogP contribution in [0.2, 0.25) is 0 Å². The van der Waals surface area contributed by atoms with Crippen molar-refractivity contribution in [3.63, 3.8) is 0 Å².